The van der Waals surface area contributed by atoms with Crippen molar-refractivity contribution >= 4 is 17.3 Å². The molecule has 0 bridgehead atoms. The number of nitrogens with one attached hydrogen (secondary N) is 1. The monoisotopic (exact) mass is 232 g/mol. The first-order valence-electron chi connectivity index (χ1n) is 4.78. The number of benzene rings is 1. The predicted octanol–water partition coefficient (Wildman–Crippen LogP) is 2.03. The summed E-state index contributed by atoms with van der Waals surface area (Å²) in [5.74, 6) is -1.24. The Kier molecular flexibility index (Phi) is 3.07. The van der Waals surface area contributed by atoms with Gasteiger partial charge in [0, 0.05) is 32.2 Å². The van der Waals surface area contributed by atoms with Gasteiger partial charge in [-0.1, -0.05) is 11.6 Å². The molecular weight excluding hydrogens is 222 g/mol. The Balaban J connectivity index is 2.33. The second-order valence-corrected chi connectivity index (χ2v) is 3.86. The molecule has 1 aromatic carbocycles. The minimum Gasteiger partial charge on any atom is -0.365 e. The molecule has 1 aliphatic heterocycles. The minimum absolute atomic E-state index is 0.134. The Labute approximate surface area is 91.8 Å². The molecule has 0 radical (unpaired) electrons. The molecule has 1 heterocycles. The number of anilines is 1. The van der Waals surface area contributed by atoms with Crippen molar-refractivity contribution in [2.24, 2.45) is 0 Å². The lowest BCUT2D eigenvalue weighted by Crippen LogP contribution is -2.44. The highest BCUT2D eigenvalue weighted by Gasteiger charge is 2.18. The molecule has 0 aliphatic carbocycles. The van der Waals surface area contributed by atoms with E-state index in [1.165, 1.54) is 0 Å². The fourth-order valence-corrected chi connectivity index (χ4v) is 2.04. The van der Waals surface area contributed by atoms with Crippen molar-refractivity contribution in [3.8, 4) is 0 Å². The topological polar surface area (TPSA) is 15.3 Å². The molecule has 0 unspecified atom stereocenters. The Hall–Kier alpha value is -0.870. The number of hydrogen-bond donors (Lipinski definition) is 1. The summed E-state index contributed by atoms with van der Waals surface area (Å²) in [6.07, 6.45) is 0. The summed E-state index contributed by atoms with van der Waals surface area (Å²) in [6, 6.07) is 2.01. The summed E-state index contributed by atoms with van der Waals surface area (Å²) in [4.78, 5) is 1.83. The molecule has 5 heteroatoms. The molecular formula is C10H11ClF2N2. The molecule has 0 spiro atoms. The molecule has 82 valence electrons. The van der Waals surface area contributed by atoms with Gasteiger partial charge in [-0.15, -0.1) is 0 Å². The highest BCUT2D eigenvalue weighted by atomic mass is 35.5. The van der Waals surface area contributed by atoms with E-state index in [1.54, 1.807) is 0 Å². The zero-order valence-electron chi connectivity index (χ0n) is 8.06. The van der Waals surface area contributed by atoms with Gasteiger partial charge in [-0.2, -0.15) is 0 Å². The van der Waals surface area contributed by atoms with Crippen molar-refractivity contribution < 1.29 is 8.78 Å². The minimum atomic E-state index is -0.642. The zero-order chi connectivity index (χ0) is 10.8. The standard InChI is InChI=1S/C10H11ClF2N2/c11-8-5-7(12)6-9(13)10(8)15-3-1-14-2-4-15/h5-6,14H,1-4H2. The van der Waals surface area contributed by atoms with E-state index in [1.807, 2.05) is 4.90 Å². The Morgan fingerprint density at radius 1 is 1.20 bits per heavy atom. The summed E-state index contributed by atoms with van der Waals surface area (Å²) >= 11 is 5.83. The Morgan fingerprint density at radius 2 is 1.87 bits per heavy atom. The summed E-state index contributed by atoms with van der Waals surface area (Å²) in [7, 11) is 0. The molecule has 1 N–H and O–H groups in total. The molecule has 2 rings (SSSR count). The summed E-state index contributed by atoms with van der Waals surface area (Å²) < 4.78 is 26.3. The van der Waals surface area contributed by atoms with Crippen LogP contribution in [0.5, 0.6) is 0 Å². The Morgan fingerprint density at radius 3 is 2.47 bits per heavy atom. The molecule has 15 heavy (non-hydrogen) atoms. The van der Waals surface area contributed by atoms with E-state index in [0.29, 0.717) is 18.8 Å². The highest BCUT2D eigenvalue weighted by molar-refractivity contribution is 6.33. The highest BCUT2D eigenvalue weighted by Crippen LogP contribution is 2.30. The Bertz CT molecular complexity index is 341. The smallest absolute Gasteiger partial charge is 0.150 e. The maximum atomic E-state index is 13.5. The van der Waals surface area contributed by atoms with Crippen LogP contribution in [0.15, 0.2) is 12.1 Å². The predicted molar refractivity (Wildman–Crippen MR) is 56.5 cm³/mol. The maximum Gasteiger partial charge on any atom is 0.150 e. The van der Waals surface area contributed by atoms with Crippen molar-refractivity contribution in [1.82, 2.24) is 5.32 Å². The van der Waals surface area contributed by atoms with Gasteiger partial charge in [0.1, 0.15) is 5.82 Å². The van der Waals surface area contributed by atoms with E-state index in [4.69, 9.17) is 11.6 Å². The van der Waals surface area contributed by atoms with Gasteiger partial charge in [0.05, 0.1) is 10.7 Å². The first kappa shape index (κ1) is 10.6. The van der Waals surface area contributed by atoms with Crippen LogP contribution >= 0.6 is 11.6 Å². The van der Waals surface area contributed by atoms with E-state index in [0.717, 1.165) is 25.2 Å². The van der Waals surface area contributed by atoms with Crippen LogP contribution in [0.1, 0.15) is 0 Å². The normalized spacial score (nSPS) is 16.9. The third-order valence-electron chi connectivity index (χ3n) is 2.41. The number of halogens is 3. The molecule has 1 saturated heterocycles. The van der Waals surface area contributed by atoms with Gasteiger partial charge < -0.3 is 10.2 Å². The van der Waals surface area contributed by atoms with Gasteiger partial charge in [0.25, 0.3) is 0 Å². The quantitative estimate of drug-likeness (QED) is 0.797. The molecule has 1 aromatic rings. The molecule has 0 saturated carbocycles. The van der Waals surface area contributed by atoms with E-state index in [9.17, 15) is 8.78 Å². The number of piperazine rings is 1. The van der Waals surface area contributed by atoms with Gasteiger partial charge >= 0.3 is 0 Å². The first-order chi connectivity index (χ1) is 7.18. The van der Waals surface area contributed by atoms with Gasteiger partial charge in [-0.3, -0.25) is 0 Å². The number of nitrogens with zero attached hydrogens (tertiary/aromatic N) is 1. The second-order valence-electron chi connectivity index (χ2n) is 3.46. The molecule has 0 amide bonds. The van der Waals surface area contributed by atoms with Crippen molar-refractivity contribution in [2.75, 3.05) is 31.1 Å². The third kappa shape index (κ3) is 2.21. The average molecular weight is 233 g/mol. The fraction of sp³-hybridized carbons (Fsp3) is 0.400. The lowest BCUT2D eigenvalue weighted by Gasteiger charge is -2.30. The largest absolute Gasteiger partial charge is 0.365 e. The maximum absolute atomic E-state index is 13.5. The summed E-state index contributed by atoms with van der Waals surface area (Å²) in [6.45, 7) is 2.94. The van der Waals surface area contributed by atoms with Gasteiger partial charge in [0.15, 0.2) is 5.82 Å². The zero-order valence-corrected chi connectivity index (χ0v) is 8.82. The van der Waals surface area contributed by atoms with Crippen molar-refractivity contribution in [3.63, 3.8) is 0 Å². The molecule has 0 atom stereocenters. The van der Waals surface area contributed by atoms with E-state index < -0.39 is 11.6 Å². The molecule has 1 aliphatic rings. The van der Waals surface area contributed by atoms with Gasteiger partial charge in [-0.05, 0) is 6.07 Å². The van der Waals surface area contributed by atoms with Crippen LogP contribution in [0.25, 0.3) is 0 Å². The SMILES string of the molecule is Fc1cc(F)c(N2CCNCC2)c(Cl)c1. The number of rotatable bonds is 1. The van der Waals surface area contributed by atoms with Crippen LogP contribution in [0.4, 0.5) is 14.5 Å². The van der Waals surface area contributed by atoms with E-state index in [2.05, 4.69) is 5.32 Å². The van der Waals surface area contributed by atoms with Crippen LogP contribution in [0.2, 0.25) is 5.02 Å². The lowest BCUT2D eigenvalue weighted by molar-refractivity contribution is 0.554. The van der Waals surface area contributed by atoms with Crippen LogP contribution < -0.4 is 10.2 Å². The van der Waals surface area contributed by atoms with Gasteiger partial charge in [0.2, 0.25) is 0 Å². The van der Waals surface area contributed by atoms with E-state index in [-0.39, 0.29) is 5.02 Å². The van der Waals surface area contributed by atoms with Crippen molar-refractivity contribution in [2.45, 2.75) is 0 Å². The van der Waals surface area contributed by atoms with Gasteiger partial charge in [-0.25, -0.2) is 8.78 Å². The first-order valence-corrected chi connectivity index (χ1v) is 5.16. The van der Waals surface area contributed by atoms with Crippen LogP contribution in [-0.2, 0) is 0 Å². The van der Waals surface area contributed by atoms with Crippen molar-refractivity contribution in [3.05, 3.63) is 28.8 Å². The van der Waals surface area contributed by atoms with Crippen LogP contribution in [0, 0.1) is 11.6 Å². The molecule has 2 nitrogen and oxygen atoms in total. The van der Waals surface area contributed by atoms with E-state index >= 15 is 0 Å². The van der Waals surface area contributed by atoms with Crippen molar-refractivity contribution in [1.29, 1.82) is 0 Å². The van der Waals surface area contributed by atoms with Crippen LogP contribution in [0.3, 0.4) is 0 Å². The third-order valence-corrected chi connectivity index (χ3v) is 2.70. The second kappa shape index (κ2) is 4.33. The lowest BCUT2D eigenvalue weighted by atomic mass is 10.2. The summed E-state index contributed by atoms with van der Waals surface area (Å²) in [5.41, 5.74) is 0.305. The number of hydrogen-bond acceptors (Lipinski definition) is 2. The average Bonchev–Trinajstić information content (AvgIpc) is 2.17. The molecule has 0 aromatic heterocycles. The van der Waals surface area contributed by atoms with Crippen LogP contribution in [-0.4, -0.2) is 26.2 Å². The fourth-order valence-electron chi connectivity index (χ4n) is 1.73. The molecule has 1 fully saturated rings. The summed E-state index contributed by atoms with van der Waals surface area (Å²) in [5, 5.41) is 3.29.